The summed E-state index contributed by atoms with van der Waals surface area (Å²) in [6.07, 6.45) is -1.66. The van der Waals surface area contributed by atoms with Crippen LogP contribution in [0.2, 0.25) is 0 Å². The van der Waals surface area contributed by atoms with E-state index in [-0.39, 0.29) is 18.2 Å². The van der Waals surface area contributed by atoms with Gasteiger partial charge < -0.3 is 15.8 Å². The van der Waals surface area contributed by atoms with Gasteiger partial charge in [-0.2, -0.15) is 0 Å². The highest BCUT2D eigenvalue weighted by molar-refractivity contribution is 5.73. The second kappa shape index (κ2) is 6.12. The van der Waals surface area contributed by atoms with Crippen molar-refractivity contribution in [2.24, 2.45) is 0 Å². The Hall–Kier alpha value is -2.18. The lowest BCUT2D eigenvalue weighted by atomic mass is 10.1. The van der Waals surface area contributed by atoms with Crippen molar-refractivity contribution in [3.8, 4) is 5.75 Å². The van der Waals surface area contributed by atoms with Gasteiger partial charge in [-0.3, -0.25) is 4.79 Å². The van der Waals surface area contributed by atoms with E-state index < -0.39 is 6.36 Å². The lowest BCUT2D eigenvalue weighted by molar-refractivity contribution is -0.274. The van der Waals surface area contributed by atoms with Gasteiger partial charge in [0.1, 0.15) is 5.75 Å². The maximum atomic E-state index is 12.1. The molecule has 4 nitrogen and oxygen atoms in total. The van der Waals surface area contributed by atoms with Crippen molar-refractivity contribution in [2.75, 3.05) is 12.3 Å². The second-order valence-electron chi connectivity index (χ2n) is 3.68. The first kappa shape index (κ1) is 14.9. The van der Waals surface area contributed by atoms with Crippen LogP contribution in [0.15, 0.2) is 24.3 Å². The average molecular weight is 274 g/mol. The van der Waals surface area contributed by atoms with Gasteiger partial charge in [0.2, 0.25) is 5.91 Å². The van der Waals surface area contributed by atoms with Crippen LogP contribution in [0.1, 0.15) is 12.5 Å². The zero-order chi connectivity index (χ0) is 14.5. The molecule has 0 aliphatic heterocycles. The van der Waals surface area contributed by atoms with Crippen LogP contribution in [-0.4, -0.2) is 18.8 Å². The maximum absolute atomic E-state index is 12.1. The molecule has 0 aromatic heterocycles. The van der Waals surface area contributed by atoms with Crippen molar-refractivity contribution >= 4 is 17.7 Å². The molecule has 1 aromatic rings. The number of ether oxygens (including phenoxy) is 1. The highest BCUT2D eigenvalue weighted by atomic mass is 19.4. The minimum absolute atomic E-state index is 0.202. The minimum Gasteiger partial charge on any atom is -0.406 e. The molecule has 19 heavy (non-hydrogen) atoms. The SMILES string of the molecule is CC(=O)NCC=Cc1cc(OC(F)(F)F)ccc1N. The van der Waals surface area contributed by atoms with E-state index in [1.807, 2.05) is 0 Å². The second-order valence-corrected chi connectivity index (χ2v) is 3.68. The molecular formula is C12H13F3N2O2. The number of rotatable bonds is 4. The van der Waals surface area contributed by atoms with Crippen molar-refractivity contribution in [3.63, 3.8) is 0 Å². The number of nitrogen functional groups attached to an aromatic ring is 1. The van der Waals surface area contributed by atoms with Gasteiger partial charge in [-0.15, -0.1) is 13.2 Å². The third-order valence-corrected chi connectivity index (χ3v) is 2.06. The number of benzene rings is 1. The van der Waals surface area contributed by atoms with Crippen LogP contribution in [0.3, 0.4) is 0 Å². The minimum atomic E-state index is -4.74. The number of hydrogen-bond donors (Lipinski definition) is 2. The molecule has 0 aliphatic carbocycles. The number of nitrogens with two attached hydrogens (primary N) is 1. The predicted molar refractivity (Wildman–Crippen MR) is 65.3 cm³/mol. The van der Waals surface area contributed by atoms with Gasteiger partial charge in [-0.25, -0.2) is 0 Å². The molecule has 1 aromatic carbocycles. The molecule has 0 atom stereocenters. The fourth-order valence-electron chi connectivity index (χ4n) is 1.28. The fraction of sp³-hybridized carbons (Fsp3) is 0.250. The van der Waals surface area contributed by atoms with Gasteiger partial charge in [0.05, 0.1) is 0 Å². The number of nitrogens with one attached hydrogen (secondary N) is 1. The topological polar surface area (TPSA) is 64.3 Å². The normalized spacial score (nSPS) is 11.6. The molecule has 104 valence electrons. The van der Waals surface area contributed by atoms with E-state index in [0.29, 0.717) is 11.3 Å². The molecule has 0 saturated heterocycles. The first-order valence-electron chi connectivity index (χ1n) is 5.34. The number of amides is 1. The van der Waals surface area contributed by atoms with Crippen LogP contribution in [0.25, 0.3) is 6.08 Å². The Bertz CT molecular complexity index is 484. The molecule has 1 rings (SSSR count). The summed E-state index contributed by atoms with van der Waals surface area (Å²) >= 11 is 0. The largest absolute Gasteiger partial charge is 0.573 e. The lowest BCUT2D eigenvalue weighted by Crippen LogP contribution is -2.19. The van der Waals surface area contributed by atoms with E-state index in [0.717, 1.165) is 6.07 Å². The molecule has 0 spiro atoms. The lowest BCUT2D eigenvalue weighted by Gasteiger charge is -2.10. The Morgan fingerprint density at radius 3 is 2.74 bits per heavy atom. The zero-order valence-corrected chi connectivity index (χ0v) is 10.1. The van der Waals surface area contributed by atoms with Gasteiger partial charge in [0.15, 0.2) is 0 Å². The zero-order valence-electron chi connectivity index (χ0n) is 10.1. The summed E-state index contributed by atoms with van der Waals surface area (Å²) in [5.41, 5.74) is 6.31. The molecule has 0 saturated carbocycles. The first-order chi connectivity index (χ1) is 8.78. The van der Waals surface area contributed by atoms with Crippen LogP contribution < -0.4 is 15.8 Å². The van der Waals surface area contributed by atoms with Crippen LogP contribution in [0.4, 0.5) is 18.9 Å². The summed E-state index contributed by atoms with van der Waals surface area (Å²) < 4.78 is 39.9. The number of anilines is 1. The molecule has 0 fully saturated rings. The Balaban J connectivity index is 2.77. The molecule has 0 bridgehead atoms. The molecule has 0 radical (unpaired) electrons. The van der Waals surface area contributed by atoms with E-state index in [1.165, 1.54) is 25.1 Å². The average Bonchev–Trinajstić information content (AvgIpc) is 2.26. The number of carbonyl (C=O) groups excluding carboxylic acids is 1. The van der Waals surface area contributed by atoms with E-state index in [9.17, 15) is 18.0 Å². The summed E-state index contributed by atoms with van der Waals surface area (Å²) in [5, 5.41) is 2.51. The maximum Gasteiger partial charge on any atom is 0.573 e. The Morgan fingerprint density at radius 2 is 2.16 bits per heavy atom. The predicted octanol–water partition coefficient (Wildman–Crippen LogP) is 2.32. The standard InChI is InChI=1S/C12H13F3N2O2/c1-8(18)17-6-2-3-9-7-10(4-5-11(9)16)19-12(13,14)15/h2-5,7H,6,16H2,1H3,(H,17,18). The van der Waals surface area contributed by atoms with Crippen molar-refractivity contribution in [2.45, 2.75) is 13.3 Å². The molecule has 1 amide bonds. The Kier molecular flexibility index (Phi) is 4.80. The third-order valence-electron chi connectivity index (χ3n) is 2.06. The van der Waals surface area contributed by atoms with Crippen molar-refractivity contribution in [1.82, 2.24) is 5.32 Å². The van der Waals surface area contributed by atoms with E-state index in [2.05, 4.69) is 10.1 Å². The molecule has 0 aliphatic rings. The van der Waals surface area contributed by atoms with Crippen LogP contribution in [0.5, 0.6) is 5.75 Å². The molecule has 0 unspecified atom stereocenters. The highest BCUT2D eigenvalue weighted by Crippen LogP contribution is 2.26. The number of alkyl halides is 3. The van der Waals surface area contributed by atoms with Crippen LogP contribution in [0, 0.1) is 0 Å². The van der Waals surface area contributed by atoms with E-state index >= 15 is 0 Å². The third kappa shape index (κ3) is 5.80. The Labute approximate surface area is 108 Å². The van der Waals surface area contributed by atoms with Crippen molar-refractivity contribution < 1.29 is 22.7 Å². The van der Waals surface area contributed by atoms with Crippen molar-refractivity contribution in [1.29, 1.82) is 0 Å². The smallest absolute Gasteiger partial charge is 0.406 e. The van der Waals surface area contributed by atoms with Gasteiger partial charge in [0.25, 0.3) is 0 Å². The van der Waals surface area contributed by atoms with E-state index in [4.69, 9.17) is 5.73 Å². The Morgan fingerprint density at radius 1 is 1.47 bits per heavy atom. The first-order valence-corrected chi connectivity index (χ1v) is 5.34. The number of hydrogen-bond acceptors (Lipinski definition) is 3. The van der Waals surface area contributed by atoms with Crippen LogP contribution >= 0.6 is 0 Å². The van der Waals surface area contributed by atoms with Gasteiger partial charge in [0, 0.05) is 24.7 Å². The number of carbonyl (C=O) groups is 1. The van der Waals surface area contributed by atoms with Gasteiger partial charge in [-0.05, 0) is 18.2 Å². The molecular weight excluding hydrogens is 261 g/mol. The quantitative estimate of drug-likeness (QED) is 0.828. The summed E-state index contributed by atoms with van der Waals surface area (Å²) in [6, 6.07) is 3.63. The summed E-state index contributed by atoms with van der Waals surface area (Å²) in [7, 11) is 0. The summed E-state index contributed by atoms with van der Waals surface area (Å²) in [6.45, 7) is 1.62. The van der Waals surface area contributed by atoms with Crippen molar-refractivity contribution in [3.05, 3.63) is 29.8 Å². The molecule has 0 heterocycles. The van der Waals surface area contributed by atoms with Gasteiger partial charge in [-0.1, -0.05) is 12.2 Å². The number of halogens is 3. The molecule has 3 N–H and O–H groups in total. The monoisotopic (exact) mass is 274 g/mol. The molecule has 7 heteroatoms. The highest BCUT2D eigenvalue weighted by Gasteiger charge is 2.31. The van der Waals surface area contributed by atoms with Gasteiger partial charge >= 0.3 is 6.36 Å². The fourth-order valence-corrected chi connectivity index (χ4v) is 1.28. The van der Waals surface area contributed by atoms with Crippen LogP contribution in [-0.2, 0) is 4.79 Å². The van der Waals surface area contributed by atoms with E-state index in [1.54, 1.807) is 6.08 Å². The summed E-state index contributed by atoms with van der Waals surface area (Å²) in [5.74, 6) is -0.548. The summed E-state index contributed by atoms with van der Waals surface area (Å²) in [4.78, 5) is 10.6.